The summed E-state index contributed by atoms with van der Waals surface area (Å²) in [7, 11) is 3.94. The number of aromatic nitrogens is 3. The monoisotopic (exact) mass is 421 g/mol. The van der Waals surface area contributed by atoms with E-state index in [9.17, 15) is 0 Å². The Morgan fingerprint density at radius 2 is 2.00 bits per heavy atom. The number of aryl methyl sites for hydroxylation is 1. The summed E-state index contributed by atoms with van der Waals surface area (Å²) in [6.07, 6.45) is 4.78. The Kier molecular flexibility index (Phi) is 6.15. The minimum Gasteiger partial charge on any atom is -0.491 e. The molecule has 4 rings (SSSR count). The highest BCUT2D eigenvalue weighted by Crippen LogP contribution is 2.36. The Labute approximate surface area is 181 Å². The largest absolute Gasteiger partial charge is 0.491 e. The van der Waals surface area contributed by atoms with Crippen LogP contribution in [0.2, 0.25) is 0 Å². The van der Waals surface area contributed by atoms with Crippen LogP contribution in [-0.4, -0.2) is 52.7 Å². The zero-order valence-corrected chi connectivity index (χ0v) is 18.0. The average Bonchev–Trinajstić information content (AvgIpc) is 3.21. The zero-order valence-electron chi connectivity index (χ0n) is 18.0. The van der Waals surface area contributed by atoms with Crippen molar-refractivity contribution in [2.24, 2.45) is 17.8 Å². The van der Waals surface area contributed by atoms with Crippen molar-refractivity contribution >= 4 is 17.8 Å². The summed E-state index contributed by atoms with van der Waals surface area (Å²) in [4.78, 5) is 12.8. The number of pyridine rings is 1. The molecule has 2 aromatic heterocycles. The molecule has 0 saturated carbocycles. The van der Waals surface area contributed by atoms with Gasteiger partial charge in [-0.15, -0.1) is 0 Å². The second-order valence-electron chi connectivity index (χ2n) is 7.33. The first-order valence-electron chi connectivity index (χ1n) is 10.2. The zero-order chi connectivity index (χ0) is 21.8. The molecule has 0 saturated heterocycles. The molecule has 2 N–H and O–H groups in total. The van der Waals surface area contributed by atoms with Gasteiger partial charge in [0.05, 0.1) is 18.2 Å². The van der Waals surface area contributed by atoms with Crippen LogP contribution in [0.4, 0.5) is 11.5 Å². The van der Waals surface area contributed by atoms with Gasteiger partial charge in [0.1, 0.15) is 24.3 Å². The lowest BCUT2D eigenvalue weighted by Crippen LogP contribution is -2.25. The van der Waals surface area contributed by atoms with E-state index < -0.39 is 6.17 Å². The maximum Gasteiger partial charge on any atom is 0.219 e. The fourth-order valence-electron chi connectivity index (χ4n) is 3.16. The lowest BCUT2D eigenvalue weighted by atomic mass is 10.1. The second kappa shape index (κ2) is 9.15. The maximum absolute atomic E-state index is 6.21. The molecule has 3 aromatic rings. The summed E-state index contributed by atoms with van der Waals surface area (Å²) in [5.74, 6) is 2.60. The van der Waals surface area contributed by atoms with Crippen molar-refractivity contribution in [1.82, 2.24) is 19.7 Å². The summed E-state index contributed by atoms with van der Waals surface area (Å²) >= 11 is 0. The van der Waals surface area contributed by atoms with Gasteiger partial charge in [-0.25, -0.2) is 4.98 Å². The van der Waals surface area contributed by atoms with E-state index in [0.29, 0.717) is 24.0 Å². The molecule has 0 amide bonds. The molecule has 0 radical (unpaired) electrons. The minimum absolute atomic E-state index is 0.469. The molecular weight excluding hydrogens is 394 g/mol. The van der Waals surface area contributed by atoms with E-state index in [2.05, 4.69) is 33.9 Å². The third-order valence-electron chi connectivity index (χ3n) is 5.08. The van der Waals surface area contributed by atoms with Crippen LogP contribution in [0.25, 0.3) is 0 Å². The van der Waals surface area contributed by atoms with Gasteiger partial charge in [-0.3, -0.25) is 14.6 Å². The van der Waals surface area contributed by atoms with Crippen molar-refractivity contribution in [3.8, 4) is 17.4 Å². The van der Waals surface area contributed by atoms with E-state index in [4.69, 9.17) is 15.2 Å². The molecule has 3 heterocycles. The Balaban J connectivity index is 1.45. The third-order valence-corrected chi connectivity index (χ3v) is 5.08. The van der Waals surface area contributed by atoms with Crippen molar-refractivity contribution in [1.29, 1.82) is 0 Å². The Morgan fingerprint density at radius 1 is 1.16 bits per heavy atom. The molecule has 162 valence electrons. The summed E-state index contributed by atoms with van der Waals surface area (Å²) < 4.78 is 13.4. The summed E-state index contributed by atoms with van der Waals surface area (Å²) in [6, 6.07) is 11.3. The minimum atomic E-state index is -0.469. The molecule has 0 spiro atoms. The number of hydrogen-bond donors (Lipinski definition) is 1. The summed E-state index contributed by atoms with van der Waals surface area (Å²) in [5.41, 5.74) is 7.98. The van der Waals surface area contributed by atoms with Crippen LogP contribution in [0, 0.1) is 0 Å². The van der Waals surface area contributed by atoms with Gasteiger partial charge in [0.15, 0.2) is 5.82 Å². The number of benzene rings is 1. The van der Waals surface area contributed by atoms with E-state index >= 15 is 0 Å². The molecule has 1 aliphatic rings. The number of fused-ring (bicyclic) bond motifs is 1. The standard InChI is InChI=1S/C22H27N7O2/c1-4-27(2)11-12-30-17-6-8-21(24-14-17)31-16-5-7-19-18(13-16)22(23)25-15-29(19)20-9-10-28(3)26-20/h5-10,13-15,22H,4,11-12,23H2,1-3H3. The Hall–Kier alpha value is -3.43. The summed E-state index contributed by atoms with van der Waals surface area (Å²) in [6.45, 7) is 4.58. The highest BCUT2D eigenvalue weighted by atomic mass is 16.5. The van der Waals surface area contributed by atoms with Crippen LogP contribution in [-0.2, 0) is 7.05 Å². The van der Waals surface area contributed by atoms with E-state index in [1.54, 1.807) is 23.3 Å². The fraction of sp³-hybridized carbons (Fsp3) is 0.318. The average molecular weight is 422 g/mol. The normalized spacial score (nSPS) is 15.3. The van der Waals surface area contributed by atoms with Gasteiger partial charge in [0.2, 0.25) is 5.88 Å². The van der Waals surface area contributed by atoms with Gasteiger partial charge in [0, 0.05) is 37.5 Å². The number of nitrogens with two attached hydrogens (primary N) is 1. The van der Waals surface area contributed by atoms with Crippen LogP contribution in [0.1, 0.15) is 18.7 Å². The van der Waals surface area contributed by atoms with Gasteiger partial charge in [-0.2, -0.15) is 5.10 Å². The topological polar surface area (TPSA) is 94.0 Å². The van der Waals surface area contributed by atoms with Gasteiger partial charge < -0.3 is 20.1 Å². The van der Waals surface area contributed by atoms with Crippen molar-refractivity contribution < 1.29 is 9.47 Å². The van der Waals surface area contributed by atoms with Crippen molar-refractivity contribution in [2.45, 2.75) is 13.1 Å². The number of anilines is 2. The first kappa shape index (κ1) is 20.8. The first-order chi connectivity index (χ1) is 15.0. The number of rotatable bonds is 8. The van der Waals surface area contributed by atoms with Crippen molar-refractivity contribution in [3.05, 3.63) is 54.4 Å². The molecule has 0 bridgehead atoms. The Bertz CT molecular complexity index is 1050. The number of aliphatic imine (C=N–C) groups is 1. The molecule has 9 heteroatoms. The predicted octanol–water partition coefficient (Wildman–Crippen LogP) is 3.08. The number of nitrogens with zero attached hydrogens (tertiary/aromatic N) is 6. The first-order valence-corrected chi connectivity index (χ1v) is 10.2. The maximum atomic E-state index is 6.21. The summed E-state index contributed by atoms with van der Waals surface area (Å²) in [5, 5.41) is 4.45. The van der Waals surface area contributed by atoms with Crippen LogP contribution >= 0.6 is 0 Å². The smallest absolute Gasteiger partial charge is 0.219 e. The molecule has 31 heavy (non-hydrogen) atoms. The molecule has 1 aromatic carbocycles. The fourth-order valence-corrected chi connectivity index (χ4v) is 3.16. The number of hydrogen-bond acceptors (Lipinski definition) is 8. The third kappa shape index (κ3) is 4.84. The van der Waals surface area contributed by atoms with Crippen molar-refractivity contribution in [2.75, 3.05) is 31.6 Å². The highest BCUT2D eigenvalue weighted by molar-refractivity contribution is 5.91. The molecule has 0 fully saturated rings. The highest BCUT2D eigenvalue weighted by Gasteiger charge is 2.22. The van der Waals surface area contributed by atoms with E-state index in [-0.39, 0.29) is 0 Å². The molecule has 1 aliphatic heterocycles. The number of ether oxygens (including phenoxy) is 2. The van der Waals surface area contributed by atoms with Crippen LogP contribution in [0.15, 0.2) is 53.8 Å². The van der Waals surface area contributed by atoms with Gasteiger partial charge in [0.25, 0.3) is 0 Å². The number of likely N-dealkylation sites (N-methyl/N-ethyl adjacent to an activating group) is 1. The molecular formula is C22H27N7O2. The van der Waals surface area contributed by atoms with Gasteiger partial charge in [-0.05, 0) is 37.9 Å². The predicted molar refractivity (Wildman–Crippen MR) is 120 cm³/mol. The molecule has 1 atom stereocenters. The van der Waals surface area contributed by atoms with E-state index in [0.717, 1.165) is 30.2 Å². The molecule has 0 aliphatic carbocycles. The van der Waals surface area contributed by atoms with Gasteiger partial charge >= 0.3 is 0 Å². The Morgan fingerprint density at radius 3 is 2.71 bits per heavy atom. The van der Waals surface area contributed by atoms with Crippen LogP contribution in [0.5, 0.6) is 17.4 Å². The second-order valence-corrected chi connectivity index (χ2v) is 7.33. The van der Waals surface area contributed by atoms with Crippen LogP contribution in [0.3, 0.4) is 0 Å². The molecule has 9 nitrogen and oxygen atoms in total. The van der Waals surface area contributed by atoms with E-state index in [1.807, 2.05) is 48.5 Å². The SMILES string of the molecule is CCN(C)CCOc1ccc(Oc2ccc3c(c2)C(N)N=CN3c2ccn(C)n2)nc1. The van der Waals surface area contributed by atoms with Crippen LogP contribution < -0.4 is 20.1 Å². The van der Waals surface area contributed by atoms with Gasteiger partial charge in [-0.1, -0.05) is 6.92 Å². The van der Waals surface area contributed by atoms with Crippen molar-refractivity contribution in [3.63, 3.8) is 0 Å². The molecule has 1 unspecified atom stereocenters. The quantitative estimate of drug-likeness (QED) is 0.597. The lowest BCUT2D eigenvalue weighted by molar-refractivity contribution is 0.243. The van der Waals surface area contributed by atoms with E-state index in [1.165, 1.54) is 0 Å². The lowest BCUT2D eigenvalue weighted by Gasteiger charge is -2.27.